The van der Waals surface area contributed by atoms with E-state index < -0.39 is 10.0 Å². The molecule has 20 heavy (non-hydrogen) atoms. The fourth-order valence-electron chi connectivity index (χ4n) is 2.68. The number of likely N-dealkylation sites (tertiary alicyclic amines) is 1. The molecule has 114 valence electrons. The second-order valence-corrected chi connectivity index (χ2v) is 7.50. The molecular weight excluding hydrogens is 282 g/mol. The summed E-state index contributed by atoms with van der Waals surface area (Å²) in [7, 11) is -3.27. The number of amides is 2. The molecule has 0 bridgehead atoms. The van der Waals surface area contributed by atoms with Crippen LogP contribution < -0.4 is 5.73 Å². The lowest BCUT2D eigenvalue weighted by atomic mass is 9.96. The fraction of sp³-hybridized carbons (Fsp3) is 0.833. The molecule has 2 amide bonds. The third-order valence-corrected chi connectivity index (χ3v) is 5.92. The molecule has 0 spiro atoms. The largest absolute Gasteiger partial charge is 0.369 e. The van der Waals surface area contributed by atoms with Gasteiger partial charge in [0.15, 0.2) is 0 Å². The van der Waals surface area contributed by atoms with E-state index in [0.717, 1.165) is 6.42 Å². The van der Waals surface area contributed by atoms with Gasteiger partial charge in [0, 0.05) is 25.6 Å². The predicted octanol–water partition coefficient (Wildman–Crippen LogP) is -0.864. The first-order valence-electron chi connectivity index (χ1n) is 6.95. The topological polar surface area (TPSA) is 101 Å². The Balaban J connectivity index is 1.88. The van der Waals surface area contributed by atoms with Crippen LogP contribution in [0.2, 0.25) is 0 Å². The highest BCUT2D eigenvalue weighted by Gasteiger charge is 2.31. The number of nitrogens with two attached hydrogens (primary N) is 1. The second kappa shape index (κ2) is 6.09. The summed E-state index contributed by atoms with van der Waals surface area (Å²) < 4.78 is 24.9. The molecule has 0 radical (unpaired) electrons. The highest BCUT2D eigenvalue weighted by Crippen LogP contribution is 2.18. The summed E-state index contributed by atoms with van der Waals surface area (Å²) in [5, 5.41) is 0. The minimum Gasteiger partial charge on any atom is -0.369 e. The molecule has 0 atom stereocenters. The van der Waals surface area contributed by atoms with Gasteiger partial charge in [-0.3, -0.25) is 9.59 Å². The number of piperidine rings is 1. The molecule has 0 aromatic heterocycles. The van der Waals surface area contributed by atoms with Gasteiger partial charge in [-0.25, -0.2) is 8.42 Å². The van der Waals surface area contributed by atoms with Crippen LogP contribution >= 0.6 is 0 Å². The molecule has 2 fully saturated rings. The van der Waals surface area contributed by atoms with Crippen molar-refractivity contribution in [3.05, 3.63) is 0 Å². The first-order chi connectivity index (χ1) is 9.40. The van der Waals surface area contributed by atoms with E-state index in [1.54, 1.807) is 4.90 Å². The van der Waals surface area contributed by atoms with E-state index in [2.05, 4.69) is 0 Å². The molecule has 0 aliphatic carbocycles. The van der Waals surface area contributed by atoms with Gasteiger partial charge in [0.1, 0.15) is 0 Å². The molecule has 2 heterocycles. The van der Waals surface area contributed by atoms with Crippen LogP contribution in [0, 0.1) is 5.92 Å². The van der Waals surface area contributed by atoms with Crippen molar-refractivity contribution >= 4 is 21.8 Å². The van der Waals surface area contributed by atoms with Gasteiger partial charge in [-0.1, -0.05) is 0 Å². The van der Waals surface area contributed by atoms with Crippen LogP contribution in [0.4, 0.5) is 0 Å². The van der Waals surface area contributed by atoms with Gasteiger partial charge in [0.2, 0.25) is 21.8 Å². The van der Waals surface area contributed by atoms with Crippen LogP contribution in [-0.2, 0) is 19.6 Å². The van der Waals surface area contributed by atoms with Gasteiger partial charge in [0.05, 0.1) is 12.3 Å². The van der Waals surface area contributed by atoms with Gasteiger partial charge < -0.3 is 10.6 Å². The Bertz CT molecular complexity index is 483. The third-order valence-electron chi connectivity index (χ3n) is 4.01. The smallest absolute Gasteiger partial charge is 0.237 e. The number of hydrogen-bond acceptors (Lipinski definition) is 4. The maximum Gasteiger partial charge on any atom is 0.237 e. The zero-order valence-electron chi connectivity index (χ0n) is 11.5. The fourth-order valence-corrected chi connectivity index (χ4v) is 4.22. The van der Waals surface area contributed by atoms with Gasteiger partial charge >= 0.3 is 0 Å². The van der Waals surface area contributed by atoms with Crippen molar-refractivity contribution in [2.24, 2.45) is 11.7 Å². The predicted molar refractivity (Wildman–Crippen MR) is 73.1 cm³/mol. The molecular formula is C12H21N3O4S. The van der Waals surface area contributed by atoms with Crippen LogP contribution in [0.1, 0.15) is 25.7 Å². The molecule has 7 nitrogen and oxygen atoms in total. The first-order valence-corrected chi connectivity index (χ1v) is 8.56. The normalized spacial score (nSPS) is 24.5. The molecule has 2 N–H and O–H groups in total. The van der Waals surface area contributed by atoms with Gasteiger partial charge in [-0.15, -0.1) is 0 Å². The Kier molecular flexibility index (Phi) is 4.64. The minimum absolute atomic E-state index is 0.0798. The van der Waals surface area contributed by atoms with Gasteiger partial charge in [-0.2, -0.15) is 4.31 Å². The molecule has 8 heteroatoms. The lowest BCUT2D eigenvalue weighted by Crippen LogP contribution is -2.48. The molecule has 0 aromatic carbocycles. The monoisotopic (exact) mass is 303 g/mol. The maximum atomic E-state index is 12.1. The second-order valence-electron chi connectivity index (χ2n) is 5.41. The first kappa shape index (κ1) is 15.2. The Morgan fingerprint density at radius 3 is 2.30 bits per heavy atom. The van der Waals surface area contributed by atoms with E-state index in [4.69, 9.17) is 5.73 Å². The van der Waals surface area contributed by atoms with Crippen LogP contribution in [-0.4, -0.2) is 61.4 Å². The number of carbonyl (C=O) groups excluding carboxylic acids is 2. The average molecular weight is 303 g/mol. The number of hydrogen-bond donors (Lipinski definition) is 1. The van der Waals surface area contributed by atoms with Crippen LogP contribution in [0.5, 0.6) is 0 Å². The van der Waals surface area contributed by atoms with Crippen molar-refractivity contribution in [3.63, 3.8) is 0 Å². The summed E-state index contributed by atoms with van der Waals surface area (Å²) in [5.74, 6) is -0.545. The van der Waals surface area contributed by atoms with Crippen molar-refractivity contribution in [2.45, 2.75) is 25.7 Å². The zero-order valence-corrected chi connectivity index (χ0v) is 12.3. The molecule has 2 aliphatic heterocycles. The van der Waals surface area contributed by atoms with Gasteiger partial charge in [0.25, 0.3) is 0 Å². The Hall–Kier alpha value is -1.15. The number of rotatable bonds is 3. The van der Waals surface area contributed by atoms with Crippen LogP contribution in [0.3, 0.4) is 0 Å². The summed E-state index contributed by atoms with van der Waals surface area (Å²) in [6, 6.07) is 0. The molecule has 2 aliphatic rings. The van der Waals surface area contributed by atoms with E-state index in [1.165, 1.54) is 4.31 Å². The van der Waals surface area contributed by atoms with Gasteiger partial charge in [-0.05, 0) is 25.7 Å². The summed E-state index contributed by atoms with van der Waals surface area (Å²) in [4.78, 5) is 24.8. The lowest BCUT2D eigenvalue weighted by molar-refractivity contribution is -0.135. The SMILES string of the molecule is NC(=O)C1CCN(C(=O)CN2CCCCS2(=O)=O)CC1. The van der Waals surface area contributed by atoms with Crippen molar-refractivity contribution < 1.29 is 18.0 Å². The molecule has 0 unspecified atom stereocenters. The highest BCUT2D eigenvalue weighted by molar-refractivity contribution is 7.89. The van der Waals surface area contributed by atoms with Crippen LogP contribution in [0.25, 0.3) is 0 Å². The highest BCUT2D eigenvalue weighted by atomic mass is 32.2. The van der Waals surface area contributed by atoms with Crippen molar-refractivity contribution in [1.82, 2.24) is 9.21 Å². The zero-order chi connectivity index (χ0) is 14.8. The Morgan fingerprint density at radius 2 is 1.75 bits per heavy atom. The Labute approximate surface area is 119 Å². The third kappa shape index (κ3) is 3.49. The van der Waals surface area contributed by atoms with E-state index in [-0.39, 0.29) is 30.0 Å². The summed E-state index contributed by atoms with van der Waals surface area (Å²) in [6.45, 7) is 1.29. The van der Waals surface area contributed by atoms with Crippen molar-refractivity contribution in [3.8, 4) is 0 Å². The molecule has 0 saturated carbocycles. The molecule has 2 saturated heterocycles. The van der Waals surface area contributed by atoms with E-state index in [1.807, 2.05) is 0 Å². The minimum atomic E-state index is -3.27. The summed E-state index contributed by atoms with van der Waals surface area (Å²) in [5.41, 5.74) is 5.24. The quantitative estimate of drug-likeness (QED) is 0.732. The molecule has 2 rings (SSSR count). The van der Waals surface area contributed by atoms with E-state index >= 15 is 0 Å². The van der Waals surface area contributed by atoms with E-state index in [0.29, 0.717) is 38.9 Å². The number of sulfonamides is 1. The van der Waals surface area contributed by atoms with E-state index in [9.17, 15) is 18.0 Å². The van der Waals surface area contributed by atoms with Crippen molar-refractivity contribution in [1.29, 1.82) is 0 Å². The summed E-state index contributed by atoms with van der Waals surface area (Å²) >= 11 is 0. The molecule has 0 aromatic rings. The Morgan fingerprint density at radius 1 is 1.10 bits per heavy atom. The number of carbonyl (C=O) groups is 2. The van der Waals surface area contributed by atoms with Crippen molar-refractivity contribution in [2.75, 3.05) is 31.9 Å². The maximum absolute atomic E-state index is 12.1. The average Bonchev–Trinajstić information content (AvgIpc) is 2.41. The van der Waals surface area contributed by atoms with Crippen LogP contribution in [0.15, 0.2) is 0 Å². The summed E-state index contributed by atoms with van der Waals surface area (Å²) in [6.07, 6.45) is 2.59. The number of nitrogens with zero attached hydrogens (tertiary/aromatic N) is 2. The standard InChI is InChI=1S/C12H21N3O4S/c13-12(17)10-3-6-14(7-4-10)11(16)9-15-5-1-2-8-20(15,18)19/h10H,1-9H2,(H2,13,17). The lowest BCUT2D eigenvalue weighted by Gasteiger charge is -2.33. The number of primary amides is 1.